The summed E-state index contributed by atoms with van der Waals surface area (Å²) < 4.78 is 0. The minimum Gasteiger partial charge on any atom is -0.341 e. The molecular formula is C17H20N4OS. The van der Waals surface area contributed by atoms with E-state index in [1.807, 2.05) is 31.2 Å². The molecule has 0 aliphatic heterocycles. The number of aromatic amines is 1. The molecule has 6 heteroatoms. The number of hydrogen-bond donors (Lipinski definition) is 2. The molecule has 0 radical (unpaired) electrons. The van der Waals surface area contributed by atoms with Crippen LogP contribution in [0.3, 0.4) is 0 Å². The van der Waals surface area contributed by atoms with E-state index in [1.54, 1.807) is 0 Å². The largest absolute Gasteiger partial charge is 0.341 e. The summed E-state index contributed by atoms with van der Waals surface area (Å²) in [4.78, 5) is 20.0. The van der Waals surface area contributed by atoms with Gasteiger partial charge in [-0.2, -0.15) is 5.26 Å². The van der Waals surface area contributed by atoms with Crippen molar-refractivity contribution in [3.63, 3.8) is 0 Å². The Balaban J connectivity index is 1.57. The van der Waals surface area contributed by atoms with Crippen molar-refractivity contribution < 1.29 is 4.79 Å². The molecule has 0 spiro atoms. The highest BCUT2D eigenvalue weighted by atomic mass is 32.2. The number of hydrogen-bond acceptors (Lipinski definition) is 4. The van der Waals surface area contributed by atoms with Crippen LogP contribution in [0.1, 0.15) is 43.7 Å². The van der Waals surface area contributed by atoms with Gasteiger partial charge in [0, 0.05) is 0 Å². The van der Waals surface area contributed by atoms with Crippen molar-refractivity contribution in [3.05, 3.63) is 30.1 Å². The number of nitriles is 1. The second-order valence-electron chi connectivity index (χ2n) is 6.04. The topological polar surface area (TPSA) is 81.6 Å². The van der Waals surface area contributed by atoms with E-state index in [4.69, 9.17) is 0 Å². The maximum atomic E-state index is 12.2. The van der Waals surface area contributed by atoms with Gasteiger partial charge >= 0.3 is 0 Å². The SMILES string of the molecule is CC(SCC(=O)NC1(C#N)CCCC1)c1nc2ccccc2[nH]1. The average molecular weight is 328 g/mol. The highest BCUT2D eigenvalue weighted by molar-refractivity contribution is 8.00. The third-order valence-corrected chi connectivity index (χ3v) is 5.46. The molecule has 2 aromatic rings. The number of amides is 1. The molecule has 23 heavy (non-hydrogen) atoms. The average Bonchev–Trinajstić information content (AvgIpc) is 3.19. The van der Waals surface area contributed by atoms with Crippen molar-refractivity contribution in [2.75, 3.05) is 5.75 Å². The van der Waals surface area contributed by atoms with Crippen LogP contribution >= 0.6 is 11.8 Å². The summed E-state index contributed by atoms with van der Waals surface area (Å²) in [5.41, 5.74) is 1.31. The fourth-order valence-corrected chi connectivity index (χ4v) is 3.73. The van der Waals surface area contributed by atoms with E-state index in [9.17, 15) is 10.1 Å². The third-order valence-electron chi connectivity index (χ3n) is 4.31. The van der Waals surface area contributed by atoms with Gasteiger partial charge in [-0.3, -0.25) is 4.79 Å². The summed E-state index contributed by atoms with van der Waals surface area (Å²) in [6.07, 6.45) is 3.55. The summed E-state index contributed by atoms with van der Waals surface area (Å²) in [6, 6.07) is 10.2. The van der Waals surface area contributed by atoms with E-state index in [2.05, 4.69) is 21.4 Å². The van der Waals surface area contributed by atoms with E-state index in [0.717, 1.165) is 42.5 Å². The second kappa shape index (κ2) is 6.63. The molecule has 1 aliphatic carbocycles. The van der Waals surface area contributed by atoms with Crippen LogP contribution in [0.4, 0.5) is 0 Å². The van der Waals surface area contributed by atoms with E-state index in [1.165, 1.54) is 11.8 Å². The Morgan fingerprint density at radius 2 is 2.22 bits per heavy atom. The van der Waals surface area contributed by atoms with Crippen molar-refractivity contribution in [2.45, 2.75) is 43.4 Å². The highest BCUT2D eigenvalue weighted by Crippen LogP contribution is 2.30. The molecule has 0 saturated heterocycles. The predicted octanol–water partition coefficient (Wildman–Crippen LogP) is 3.31. The van der Waals surface area contributed by atoms with Gasteiger partial charge < -0.3 is 10.3 Å². The van der Waals surface area contributed by atoms with Crippen LogP contribution in [0, 0.1) is 11.3 Å². The number of para-hydroxylation sites is 2. The lowest BCUT2D eigenvalue weighted by Crippen LogP contribution is -2.45. The molecule has 1 aromatic carbocycles. The van der Waals surface area contributed by atoms with Gasteiger partial charge in [0.1, 0.15) is 11.4 Å². The number of nitrogens with one attached hydrogen (secondary N) is 2. The Kier molecular flexibility index (Phi) is 4.58. The summed E-state index contributed by atoms with van der Waals surface area (Å²) >= 11 is 1.53. The number of nitrogens with zero attached hydrogens (tertiary/aromatic N) is 2. The van der Waals surface area contributed by atoms with Crippen molar-refractivity contribution in [3.8, 4) is 6.07 Å². The van der Waals surface area contributed by atoms with Crippen molar-refractivity contribution in [1.82, 2.24) is 15.3 Å². The molecule has 1 amide bonds. The number of aromatic nitrogens is 2. The van der Waals surface area contributed by atoms with Crippen LogP contribution in [0.5, 0.6) is 0 Å². The lowest BCUT2D eigenvalue weighted by molar-refractivity contribution is -0.119. The zero-order chi connectivity index (χ0) is 16.3. The van der Waals surface area contributed by atoms with Gasteiger partial charge in [0.2, 0.25) is 5.91 Å². The smallest absolute Gasteiger partial charge is 0.231 e. The Hall–Kier alpha value is -2.00. The number of H-pyrrole nitrogens is 1. The molecular weight excluding hydrogens is 308 g/mol. The van der Waals surface area contributed by atoms with Gasteiger partial charge in [-0.25, -0.2) is 4.98 Å². The van der Waals surface area contributed by atoms with Crippen LogP contribution < -0.4 is 5.32 Å². The van der Waals surface area contributed by atoms with Crippen molar-refractivity contribution >= 4 is 28.7 Å². The Morgan fingerprint density at radius 1 is 1.48 bits per heavy atom. The van der Waals surface area contributed by atoms with Crippen LogP contribution in [0.15, 0.2) is 24.3 Å². The molecule has 1 saturated carbocycles. The Labute approximate surface area is 139 Å². The summed E-state index contributed by atoms with van der Waals surface area (Å²) in [7, 11) is 0. The summed E-state index contributed by atoms with van der Waals surface area (Å²) in [5.74, 6) is 1.14. The van der Waals surface area contributed by atoms with Gasteiger partial charge in [-0.1, -0.05) is 12.1 Å². The van der Waals surface area contributed by atoms with E-state index < -0.39 is 5.54 Å². The monoisotopic (exact) mass is 328 g/mol. The van der Waals surface area contributed by atoms with Crippen LogP contribution in [-0.4, -0.2) is 27.2 Å². The maximum Gasteiger partial charge on any atom is 0.231 e. The zero-order valence-electron chi connectivity index (χ0n) is 13.1. The molecule has 1 heterocycles. The minimum absolute atomic E-state index is 0.0681. The van der Waals surface area contributed by atoms with E-state index in [-0.39, 0.29) is 11.2 Å². The van der Waals surface area contributed by atoms with E-state index >= 15 is 0 Å². The molecule has 1 atom stereocenters. The lowest BCUT2D eigenvalue weighted by Gasteiger charge is -2.22. The predicted molar refractivity (Wildman–Crippen MR) is 91.9 cm³/mol. The Bertz CT molecular complexity index is 709. The number of imidazole rings is 1. The molecule has 120 valence electrons. The van der Waals surface area contributed by atoms with E-state index in [0.29, 0.717) is 5.75 Å². The number of thioether (sulfide) groups is 1. The standard InChI is InChI=1S/C17H20N4OS/c1-12(16-19-13-6-2-3-7-14(13)20-16)23-10-15(22)21-17(11-18)8-4-5-9-17/h2-3,6-7,12H,4-5,8-10H2,1H3,(H,19,20)(H,21,22). The molecule has 3 rings (SSSR count). The summed E-state index contributed by atoms with van der Waals surface area (Å²) in [5, 5.41) is 12.3. The first-order valence-corrected chi connectivity index (χ1v) is 8.95. The maximum absolute atomic E-state index is 12.2. The number of carbonyl (C=O) groups excluding carboxylic acids is 1. The van der Waals surface area contributed by atoms with Crippen LogP contribution in [0.25, 0.3) is 11.0 Å². The van der Waals surface area contributed by atoms with Gasteiger partial charge in [0.05, 0.1) is 28.1 Å². The van der Waals surface area contributed by atoms with Gasteiger partial charge in [0.15, 0.2) is 0 Å². The normalized spacial score (nSPS) is 17.7. The first-order valence-electron chi connectivity index (χ1n) is 7.90. The fourth-order valence-electron chi connectivity index (χ4n) is 2.99. The number of fused-ring (bicyclic) bond motifs is 1. The molecule has 2 N–H and O–H groups in total. The number of benzene rings is 1. The van der Waals surface area contributed by atoms with Gasteiger partial charge in [0.25, 0.3) is 0 Å². The molecule has 1 aromatic heterocycles. The first-order chi connectivity index (χ1) is 11.1. The molecule has 0 bridgehead atoms. The third kappa shape index (κ3) is 3.50. The van der Waals surface area contributed by atoms with Gasteiger partial charge in [-0.05, 0) is 44.7 Å². The first kappa shape index (κ1) is 15.9. The number of carbonyl (C=O) groups is 1. The molecule has 1 fully saturated rings. The van der Waals surface area contributed by atoms with Crippen LogP contribution in [-0.2, 0) is 4.79 Å². The van der Waals surface area contributed by atoms with Gasteiger partial charge in [-0.15, -0.1) is 11.8 Å². The van der Waals surface area contributed by atoms with Crippen molar-refractivity contribution in [1.29, 1.82) is 5.26 Å². The quantitative estimate of drug-likeness (QED) is 0.882. The molecule has 1 unspecified atom stereocenters. The second-order valence-corrected chi connectivity index (χ2v) is 7.37. The molecule has 5 nitrogen and oxygen atoms in total. The lowest BCUT2D eigenvalue weighted by atomic mass is 10.0. The summed E-state index contributed by atoms with van der Waals surface area (Å²) in [6.45, 7) is 2.03. The number of rotatable bonds is 5. The molecule has 1 aliphatic rings. The Morgan fingerprint density at radius 3 is 2.91 bits per heavy atom. The van der Waals surface area contributed by atoms with Crippen molar-refractivity contribution in [2.24, 2.45) is 0 Å². The van der Waals surface area contributed by atoms with Crippen LogP contribution in [0.2, 0.25) is 0 Å². The zero-order valence-corrected chi connectivity index (χ0v) is 13.9. The highest BCUT2D eigenvalue weighted by Gasteiger charge is 2.35. The fraction of sp³-hybridized carbons (Fsp3) is 0.471. The minimum atomic E-state index is -0.639.